The Labute approximate surface area is 296 Å². The molecule has 2 fully saturated rings. The number of nitrogen functional groups attached to an aromatic ring is 1. The number of aliphatic carboxylic acids is 2. The zero-order chi connectivity index (χ0) is 39.4. The summed E-state index contributed by atoms with van der Waals surface area (Å²) in [5.74, 6) is -4.08. The highest BCUT2D eigenvalue weighted by Gasteiger charge is 2.48. The zero-order valence-electron chi connectivity index (χ0n) is 26.7. The van der Waals surface area contributed by atoms with Gasteiger partial charge in [-0.3, -0.25) is 18.4 Å². The van der Waals surface area contributed by atoms with Gasteiger partial charge >= 0.3 is 15.6 Å². The highest BCUT2D eigenvalue weighted by molar-refractivity contribution is 7.61. The Bertz CT molecular complexity index is 1830. The minimum atomic E-state index is -5.37. The standard InChI is InChI=1S/C21H29N7O14P2.C4H6O5/c22-17-12-19(25-7-24-17)28(8-26-12)21-16(32)14(30)11(41-21)6-39-44(36,37)42-43(34,35)38-5-10-13(29)15(31)20(40-10)27-3-1-2-9(4-27)18(23)33;5-2(4(8)9)1-3(6)7/h1,3-4,7-8,10-11,13-16,20-21,29-32H,2,5-6H2,(H2,23,33)(H,34,35)(H,36,37)(H2,22,24,25);2,5H,1H2,(H,6,7)(H,8,9)/p-2/t10-,11-,13-,14-,15-,16-,20-,21-;/m1./s1. The van der Waals surface area contributed by atoms with Crippen molar-refractivity contribution in [1.82, 2.24) is 24.4 Å². The molecule has 28 heteroatoms. The van der Waals surface area contributed by atoms with Gasteiger partial charge in [0, 0.05) is 30.4 Å². The fraction of sp³-hybridized carbons (Fsp3) is 0.520. The lowest BCUT2D eigenvalue weighted by molar-refractivity contribution is -0.323. The number of aromatic nitrogens is 4. The summed E-state index contributed by atoms with van der Waals surface area (Å²) in [6.45, 7) is -1.79. The Morgan fingerprint density at radius 2 is 1.51 bits per heavy atom. The summed E-state index contributed by atoms with van der Waals surface area (Å²) >= 11 is 0. The molecule has 3 unspecified atom stereocenters. The van der Waals surface area contributed by atoms with Gasteiger partial charge in [-0.2, -0.15) is 4.31 Å². The average Bonchev–Trinajstić information content (AvgIpc) is 3.72. The van der Waals surface area contributed by atoms with Gasteiger partial charge in [0.05, 0.1) is 31.6 Å². The maximum atomic E-state index is 12.4. The van der Waals surface area contributed by atoms with Gasteiger partial charge in [-0.1, -0.05) is 6.08 Å². The second-order valence-electron chi connectivity index (χ2n) is 11.3. The van der Waals surface area contributed by atoms with Crippen LogP contribution in [0.2, 0.25) is 0 Å². The van der Waals surface area contributed by atoms with Crippen molar-refractivity contribution in [3.63, 3.8) is 0 Å². The molecule has 0 spiro atoms. The smallest absolute Gasteiger partial charge is 0.481 e. The summed E-state index contributed by atoms with van der Waals surface area (Å²) in [6.07, 6.45) is -7.77. The maximum absolute atomic E-state index is 12.4. The molecular formula is C25H33N7O19P2-2. The Kier molecular flexibility index (Phi) is 13.4. The molecule has 2 aromatic rings. The predicted molar refractivity (Wildman–Crippen MR) is 162 cm³/mol. The van der Waals surface area contributed by atoms with Crippen molar-refractivity contribution >= 4 is 50.5 Å². The SMILES string of the molecule is NC(=O)C1=CN([C@@H]2O[C@H](COP(=O)(O)OP(=O)(O)OC[C@H]3O[C@@H](n4cnc5c(N)ncnc54)[C@H](O)[C@@H]3O)[C@@H](O)[C@H]2O)C=CC1.O=C([O-])CC(O)C(=O)[O-]. The monoisotopic (exact) mass is 797 g/mol. The third kappa shape index (κ3) is 10.4. The molecule has 0 saturated carbocycles. The fourth-order valence-electron chi connectivity index (χ4n) is 4.92. The van der Waals surface area contributed by atoms with Crippen molar-refractivity contribution in [2.75, 3.05) is 18.9 Å². The molecule has 2 saturated heterocycles. The number of phosphoric acid groups is 2. The molecular weight excluding hydrogens is 764 g/mol. The topological polar surface area (TPSA) is 418 Å². The molecule has 0 bridgehead atoms. The van der Waals surface area contributed by atoms with E-state index >= 15 is 0 Å². The van der Waals surface area contributed by atoms with Crippen LogP contribution < -0.4 is 21.7 Å². The van der Waals surface area contributed by atoms with Crippen LogP contribution in [-0.4, -0.2) is 140 Å². The van der Waals surface area contributed by atoms with Gasteiger partial charge in [0.1, 0.15) is 48.5 Å². The van der Waals surface area contributed by atoms with E-state index in [4.69, 9.17) is 35.1 Å². The number of rotatable bonds is 14. The first-order valence-electron chi connectivity index (χ1n) is 14.9. The van der Waals surface area contributed by atoms with Crippen molar-refractivity contribution in [1.29, 1.82) is 0 Å². The van der Waals surface area contributed by atoms with Crippen LogP contribution >= 0.6 is 15.6 Å². The molecule has 0 aromatic carbocycles. The molecule has 2 aromatic heterocycles. The number of allylic oxidation sites excluding steroid dienone is 1. The van der Waals surface area contributed by atoms with Crippen LogP contribution in [0.5, 0.6) is 0 Å². The second-order valence-corrected chi connectivity index (χ2v) is 14.3. The van der Waals surface area contributed by atoms with Crippen LogP contribution in [0.15, 0.2) is 36.7 Å². The summed E-state index contributed by atoms with van der Waals surface area (Å²) < 4.78 is 50.8. The van der Waals surface area contributed by atoms with Gasteiger partial charge in [0.15, 0.2) is 23.9 Å². The van der Waals surface area contributed by atoms with Crippen molar-refractivity contribution in [3.05, 3.63) is 36.7 Å². The normalized spacial score (nSPS) is 29.8. The minimum Gasteiger partial charge on any atom is -0.550 e. The predicted octanol–water partition coefficient (Wildman–Crippen LogP) is -6.45. The number of hydrogen-bond donors (Lipinski definition) is 9. The molecule has 53 heavy (non-hydrogen) atoms. The van der Waals surface area contributed by atoms with Crippen LogP contribution in [0.4, 0.5) is 5.82 Å². The molecule has 5 heterocycles. The number of carbonyl (C=O) groups excluding carboxylic acids is 3. The van der Waals surface area contributed by atoms with E-state index in [1.165, 1.54) is 28.2 Å². The van der Waals surface area contributed by atoms with Crippen LogP contribution in [0, 0.1) is 0 Å². The van der Waals surface area contributed by atoms with Gasteiger partial charge in [0.2, 0.25) is 5.91 Å². The third-order valence-electron chi connectivity index (χ3n) is 7.51. The van der Waals surface area contributed by atoms with Gasteiger partial charge in [-0.25, -0.2) is 24.1 Å². The van der Waals surface area contributed by atoms with Crippen molar-refractivity contribution in [2.45, 2.75) is 68.0 Å². The largest absolute Gasteiger partial charge is 0.550 e. The molecule has 1 amide bonds. The first-order valence-corrected chi connectivity index (χ1v) is 17.9. The lowest BCUT2D eigenvalue weighted by Gasteiger charge is -2.28. The average molecular weight is 798 g/mol. The molecule has 26 nitrogen and oxygen atoms in total. The van der Waals surface area contributed by atoms with E-state index in [1.807, 2.05) is 0 Å². The third-order valence-corrected chi connectivity index (χ3v) is 10.1. The number of ether oxygens (including phenoxy) is 2. The number of aliphatic hydroxyl groups is 5. The molecule has 11 N–H and O–H groups in total. The quantitative estimate of drug-likeness (QED) is 0.0802. The summed E-state index contributed by atoms with van der Waals surface area (Å²) in [6, 6.07) is 0. The number of primary amides is 1. The number of amides is 1. The zero-order valence-corrected chi connectivity index (χ0v) is 28.5. The highest BCUT2D eigenvalue weighted by atomic mass is 31.3. The Morgan fingerprint density at radius 3 is 2.04 bits per heavy atom. The summed E-state index contributed by atoms with van der Waals surface area (Å²) in [5.41, 5.74) is 11.6. The lowest BCUT2D eigenvalue weighted by Crippen LogP contribution is -2.40. The van der Waals surface area contributed by atoms with E-state index in [9.17, 15) is 63.9 Å². The van der Waals surface area contributed by atoms with E-state index in [-0.39, 0.29) is 29.0 Å². The van der Waals surface area contributed by atoms with E-state index in [0.29, 0.717) is 0 Å². The number of carbonyl (C=O) groups is 3. The highest BCUT2D eigenvalue weighted by Crippen LogP contribution is 2.60. The number of aliphatic hydroxyl groups excluding tert-OH is 5. The number of carboxylic acids is 2. The first-order chi connectivity index (χ1) is 24.7. The number of fused-ring (bicyclic) bond motifs is 1. The van der Waals surface area contributed by atoms with Crippen LogP contribution in [0.1, 0.15) is 19.1 Å². The number of nitrogens with zero attached hydrogens (tertiary/aromatic N) is 5. The molecule has 5 rings (SSSR count). The number of imidazole rings is 1. The van der Waals surface area contributed by atoms with Gasteiger partial charge in [-0.15, -0.1) is 0 Å². The summed E-state index contributed by atoms with van der Waals surface area (Å²) in [4.78, 5) is 63.8. The molecule has 294 valence electrons. The van der Waals surface area contributed by atoms with E-state index in [1.54, 1.807) is 6.08 Å². The van der Waals surface area contributed by atoms with E-state index < -0.39 is 108 Å². The van der Waals surface area contributed by atoms with Crippen LogP contribution in [-0.2, 0) is 46.3 Å². The molecule has 11 atom stereocenters. The van der Waals surface area contributed by atoms with Gasteiger partial charge in [-0.05, 0) is 6.42 Å². The molecule has 3 aliphatic rings. The van der Waals surface area contributed by atoms with Crippen LogP contribution in [0.3, 0.4) is 0 Å². The molecule has 3 aliphatic heterocycles. The Morgan fingerprint density at radius 1 is 0.943 bits per heavy atom. The van der Waals surface area contributed by atoms with Crippen molar-refractivity contribution in [2.24, 2.45) is 5.73 Å². The first kappa shape index (κ1) is 41.8. The maximum Gasteiger partial charge on any atom is 0.481 e. The van der Waals surface area contributed by atoms with Gasteiger partial charge in [0.25, 0.3) is 0 Å². The number of carboxylic acid groups (broad SMARTS) is 2. The summed E-state index contributed by atoms with van der Waals surface area (Å²) in [5, 5.41) is 69.0. The number of anilines is 1. The fourth-order valence-corrected chi connectivity index (χ4v) is 7.01. The molecule has 0 radical (unpaired) electrons. The Hall–Kier alpha value is -3.98. The number of hydrogen-bond acceptors (Lipinski definition) is 22. The van der Waals surface area contributed by atoms with Crippen molar-refractivity contribution in [3.8, 4) is 0 Å². The lowest BCUT2D eigenvalue weighted by atomic mass is 10.1. The van der Waals surface area contributed by atoms with E-state index in [2.05, 4.69) is 19.3 Å². The van der Waals surface area contributed by atoms with E-state index in [0.717, 1.165) is 6.33 Å². The number of nitrogens with two attached hydrogens (primary N) is 2. The number of phosphoric ester groups is 2. The Balaban J connectivity index is 0.000000618. The van der Waals surface area contributed by atoms with Crippen LogP contribution in [0.25, 0.3) is 11.2 Å². The second kappa shape index (κ2) is 17.0. The van der Waals surface area contributed by atoms with Crippen molar-refractivity contribution < 1.29 is 91.9 Å². The molecule has 0 aliphatic carbocycles. The minimum absolute atomic E-state index is 0.0517. The van der Waals surface area contributed by atoms with Gasteiger partial charge < -0.3 is 81.0 Å². The summed E-state index contributed by atoms with van der Waals surface area (Å²) in [7, 11) is -10.7.